The zero-order valence-electron chi connectivity index (χ0n) is 20.4. The predicted molar refractivity (Wildman–Crippen MR) is 137 cm³/mol. The van der Waals surface area contributed by atoms with Crippen molar-refractivity contribution in [2.75, 3.05) is 13.2 Å². The van der Waals surface area contributed by atoms with Crippen LogP contribution >= 0.6 is 0 Å². The van der Waals surface area contributed by atoms with E-state index in [1.54, 1.807) is 6.08 Å². The van der Waals surface area contributed by atoms with Gasteiger partial charge in [-0.2, -0.15) is 0 Å². The molecule has 6 heteroatoms. The summed E-state index contributed by atoms with van der Waals surface area (Å²) in [5.74, 6) is 0. The van der Waals surface area contributed by atoms with Gasteiger partial charge in [-0.05, 0) is 16.7 Å². The third kappa shape index (κ3) is 7.58. The summed E-state index contributed by atoms with van der Waals surface area (Å²) in [5, 5.41) is 11.2. The first-order chi connectivity index (χ1) is 17.7. The van der Waals surface area contributed by atoms with Crippen LogP contribution in [0.3, 0.4) is 0 Å². The number of rotatable bonds is 13. The molecule has 1 N–H and O–H groups in total. The average molecular weight is 491 g/mol. The van der Waals surface area contributed by atoms with E-state index in [4.69, 9.17) is 23.7 Å². The smallest absolute Gasteiger partial charge is 0.187 e. The second-order valence-corrected chi connectivity index (χ2v) is 8.68. The maximum atomic E-state index is 11.2. The summed E-state index contributed by atoms with van der Waals surface area (Å²) in [6.45, 7) is 5.29. The van der Waals surface area contributed by atoms with Gasteiger partial charge in [0.15, 0.2) is 6.29 Å². The first kappa shape index (κ1) is 26.2. The van der Waals surface area contributed by atoms with Gasteiger partial charge in [-0.25, -0.2) is 0 Å². The molecule has 36 heavy (non-hydrogen) atoms. The molecule has 1 aliphatic heterocycles. The Kier molecular flexibility index (Phi) is 10.2. The van der Waals surface area contributed by atoms with Crippen molar-refractivity contribution in [2.24, 2.45) is 0 Å². The van der Waals surface area contributed by atoms with Crippen molar-refractivity contribution < 1.29 is 28.8 Å². The molecule has 190 valence electrons. The van der Waals surface area contributed by atoms with Crippen LogP contribution in [-0.2, 0) is 43.5 Å². The lowest BCUT2D eigenvalue weighted by molar-refractivity contribution is -0.316. The molecule has 0 unspecified atom stereocenters. The number of ether oxygens (including phenoxy) is 5. The number of hydrogen-bond acceptors (Lipinski definition) is 6. The SMILES string of the molecule is C=CCO[C@@H]1O[C@H](COCc2ccccc2)[C@H](OCc2ccccc2)[C@H](OCc2ccccc2)[C@H]1O. The van der Waals surface area contributed by atoms with Gasteiger partial charge in [-0.3, -0.25) is 0 Å². The molecule has 4 rings (SSSR count). The third-order valence-electron chi connectivity index (χ3n) is 5.96. The molecule has 0 bridgehead atoms. The Bertz CT molecular complexity index is 1010. The highest BCUT2D eigenvalue weighted by Crippen LogP contribution is 2.29. The Hall–Kier alpha value is -2.84. The molecule has 6 nitrogen and oxygen atoms in total. The highest BCUT2D eigenvalue weighted by molar-refractivity contribution is 5.15. The van der Waals surface area contributed by atoms with E-state index in [0.29, 0.717) is 19.8 Å². The summed E-state index contributed by atoms with van der Waals surface area (Å²) >= 11 is 0. The van der Waals surface area contributed by atoms with Crippen molar-refractivity contribution in [3.8, 4) is 0 Å². The van der Waals surface area contributed by atoms with Crippen LogP contribution in [0, 0.1) is 0 Å². The van der Waals surface area contributed by atoms with E-state index in [1.807, 2.05) is 91.0 Å². The molecule has 0 spiro atoms. The second-order valence-electron chi connectivity index (χ2n) is 8.68. The molecule has 1 fully saturated rings. The number of benzene rings is 3. The van der Waals surface area contributed by atoms with Gasteiger partial charge in [-0.15, -0.1) is 6.58 Å². The molecule has 0 aliphatic carbocycles. The van der Waals surface area contributed by atoms with E-state index in [-0.39, 0.29) is 13.2 Å². The molecule has 0 amide bonds. The minimum atomic E-state index is -1.06. The van der Waals surface area contributed by atoms with Crippen molar-refractivity contribution in [1.82, 2.24) is 0 Å². The van der Waals surface area contributed by atoms with Crippen molar-refractivity contribution in [2.45, 2.75) is 50.5 Å². The Balaban J connectivity index is 1.51. The molecule has 0 aromatic heterocycles. The van der Waals surface area contributed by atoms with E-state index in [1.165, 1.54) is 0 Å². The van der Waals surface area contributed by atoms with Gasteiger partial charge in [0.05, 0.1) is 33.0 Å². The minimum Gasteiger partial charge on any atom is -0.385 e. The predicted octanol–water partition coefficient (Wildman–Crippen LogP) is 4.66. The van der Waals surface area contributed by atoms with Gasteiger partial charge in [0.2, 0.25) is 0 Å². The highest BCUT2D eigenvalue weighted by atomic mass is 16.7. The minimum absolute atomic E-state index is 0.236. The van der Waals surface area contributed by atoms with E-state index in [2.05, 4.69) is 6.58 Å². The molecule has 5 atom stereocenters. The third-order valence-corrected chi connectivity index (χ3v) is 5.96. The van der Waals surface area contributed by atoms with Crippen molar-refractivity contribution in [1.29, 1.82) is 0 Å². The van der Waals surface area contributed by atoms with Gasteiger partial charge in [0, 0.05) is 0 Å². The van der Waals surface area contributed by atoms with E-state index < -0.39 is 30.7 Å². The fourth-order valence-corrected chi connectivity index (χ4v) is 4.12. The largest absolute Gasteiger partial charge is 0.385 e. The lowest BCUT2D eigenvalue weighted by atomic mass is 9.98. The summed E-state index contributed by atoms with van der Waals surface area (Å²) in [5.41, 5.74) is 3.08. The van der Waals surface area contributed by atoms with Crippen molar-refractivity contribution in [3.63, 3.8) is 0 Å². The molecule has 3 aromatic rings. The second kappa shape index (κ2) is 14.0. The Morgan fingerprint density at radius 2 is 1.19 bits per heavy atom. The normalized spacial score (nSPS) is 23.9. The lowest BCUT2D eigenvalue weighted by Crippen LogP contribution is -2.61. The maximum Gasteiger partial charge on any atom is 0.187 e. The topological polar surface area (TPSA) is 66.4 Å². The molecule has 1 saturated heterocycles. The first-order valence-electron chi connectivity index (χ1n) is 12.2. The quantitative estimate of drug-likeness (QED) is 0.352. The zero-order valence-corrected chi connectivity index (χ0v) is 20.4. The molecular weight excluding hydrogens is 456 g/mol. The summed E-state index contributed by atoms with van der Waals surface area (Å²) in [6.07, 6.45) is -2.12. The Morgan fingerprint density at radius 3 is 1.72 bits per heavy atom. The fourth-order valence-electron chi connectivity index (χ4n) is 4.12. The first-order valence-corrected chi connectivity index (χ1v) is 12.2. The summed E-state index contributed by atoms with van der Waals surface area (Å²) in [6, 6.07) is 29.7. The average Bonchev–Trinajstić information content (AvgIpc) is 2.93. The van der Waals surface area contributed by atoms with Crippen LogP contribution in [0.2, 0.25) is 0 Å². The van der Waals surface area contributed by atoms with Crippen LogP contribution in [0.1, 0.15) is 16.7 Å². The van der Waals surface area contributed by atoms with Crippen LogP contribution in [0.25, 0.3) is 0 Å². The van der Waals surface area contributed by atoms with Crippen LogP contribution in [0.15, 0.2) is 104 Å². The molecule has 1 aliphatic rings. The summed E-state index contributed by atoms with van der Waals surface area (Å²) < 4.78 is 30.6. The van der Waals surface area contributed by atoms with Crippen molar-refractivity contribution >= 4 is 0 Å². The number of hydrogen-bond donors (Lipinski definition) is 1. The summed E-state index contributed by atoms with van der Waals surface area (Å²) in [4.78, 5) is 0. The van der Waals surface area contributed by atoms with E-state index in [0.717, 1.165) is 16.7 Å². The monoisotopic (exact) mass is 490 g/mol. The van der Waals surface area contributed by atoms with Gasteiger partial charge < -0.3 is 28.8 Å². The van der Waals surface area contributed by atoms with Gasteiger partial charge in [0.25, 0.3) is 0 Å². The molecule has 0 saturated carbocycles. The van der Waals surface area contributed by atoms with Gasteiger partial charge in [-0.1, -0.05) is 97.1 Å². The zero-order chi connectivity index (χ0) is 25.0. The van der Waals surface area contributed by atoms with Crippen LogP contribution in [-0.4, -0.2) is 49.0 Å². The fraction of sp³-hybridized carbons (Fsp3) is 0.333. The van der Waals surface area contributed by atoms with Crippen LogP contribution < -0.4 is 0 Å². The van der Waals surface area contributed by atoms with Gasteiger partial charge >= 0.3 is 0 Å². The van der Waals surface area contributed by atoms with Gasteiger partial charge in [0.1, 0.15) is 24.4 Å². The van der Waals surface area contributed by atoms with Crippen LogP contribution in [0.5, 0.6) is 0 Å². The summed E-state index contributed by atoms with van der Waals surface area (Å²) in [7, 11) is 0. The molecule has 1 heterocycles. The highest BCUT2D eigenvalue weighted by Gasteiger charge is 2.47. The van der Waals surface area contributed by atoms with E-state index >= 15 is 0 Å². The Labute approximate surface area is 213 Å². The lowest BCUT2D eigenvalue weighted by Gasteiger charge is -2.44. The Morgan fingerprint density at radius 1 is 0.694 bits per heavy atom. The standard InChI is InChI=1S/C30H34O6/c1-2-18-33-30-27(31)29(35-21-25-16-10-5-11-17-25)28(34-20-24-14-8-4-9-15-24)26(36-30)22-32-19-23-12-6-3-7-13-23/h2-17,26-31H,1,18-22H2/t26-,27-,28+,29-,30-/m1/s1. The maximum absolute atomic E-state index is 11.2. The molecule has 0 radical (unpaired) electrons. The molecule has 3 aromatic carbocycles. The van der Waals surface area contributed by atoms with Crippen LogP contribution in [0.4, 0.5) is 0 Å². The van der Waals surface area contributed by atoms with Crippen molar-refractivity contribution in [3.05, 3.63) is 120 Å². The number of aliphatic hydroxyl groups excluding tert-OH is 1. The number of aliphatic hydroxyl groups is 1. The molecular formula is C30H34O6. The van der Waals surface area contributed by atoms with E-state index in [9.17, 15) is 5.11 Å².